The number of carboxylic acids is 1. The maximum Gasteiger partial charge on any atom is 0.344 e. The van der Waals surface area contributed by atoms with Crippen molar-refractivity contribution in [3.8, 4) is 5.75 Å². The van der Waals surface area contributed by atoms with Gasteiger partial charge in [-0.1, -0.05) is 43.3 Å². The number of hydrogen-bond acceptors (Lipinski definition) is 4. The van der Waals surface area contributed by atoms with Crippen molar-refractivity contribution in [2.75, 3.05) is 0 Å². The minimum absolute atomic E-state index is 0.215. The van der Waals surface area contributed by atoms with Gasteiger partial charge in [0.2, 0.25) is 5.78 Å². The van der Waals surface area contributed by atoms with Crippen LogP contribution >= 0.6 is 0 Å². The van der Waals surface area contributed by atoms with Crippen LogP contribution in [0.15, 0.2) is 59.0 Å². The van der Waals surface area contributed by atoms with Gasteiger partial charge in [-0.25, -0.2) is 4.79 Å². The number of rotatable bonds is 7. The fourth-order valence-corrected chi connectivity index (χ4v) is 2.84. The van der Waals surface area contributed by atoms with Gasteiger partial charge in [-0.05, 0) is 43.2 Å². The molecule has 0 bridgehead atoms. The van der Waals surface area contributed by atoms with Gasteiger partial charge in [-0.2, -0.15) is 0 Å². The second kappa shape index (κ2) is 7.91. The Bertz CT molecular complexity index is 1010. The molecule has 1 aromatic heterocycles. The van der Waals surface area contributed by atoms with E-state index < -0.39 is 12.1 Å². The highest BCUT2D eigenvalue weighted by atomic mass is 16.5. The molecule has 138 valence electrons. The number of carbonyl (C=O) groups is 2. The number of carboxylic acid groups (broad SMARTS) is 1. The van der Waals surface area contributed by atoms with Gasteiger partial charge in [-0.3, -0.25) is 4.79 Å². The van der Waals surface area contributed by atoms with Crippen molar-refractivity contribution < 1.29 is 23.8 Å². The summed E-state index contributed by atoms with van der Waals surface area (Å²) in [5, 5.41) is 9.88. The largest absolute Gasteiger partial charge is 0.479 e. The van der Waals surface area contributed by atoms with Crippen LogP contribution in [0.25, 0.3) is 17.0 Å². The van der Waals surface area contributed by atoms with Crippen LogP contribution in [0.3, 0.4) is 0 Å². The van der Waals surface area contributed by atoms with Crippen LogP contribution in [0.1, 0.15) is 35.5 Å². The quantitative estimate of drug-likeness (QED) is 0.484. The van der Waals surface area contributed by atoms with Crippen LogP contribution in [-0.2, 0) is 11.2 Å². The molecule has 0 saturated heterocycles. The minimum atomic E-state index is -1.04. The Hall–Kier alpha value is -3.34. The van der Waals surface area contributed by atoms with E-state index in [1.54, 1.807) is 30.3 Å². The maximum absolute atomic E-state index is 12.6. The van der Waals surface area contributed by atoms with Gasteiger partial charge in [0, 0.05) is 10.9 Å². The number of benzene rings is 2. The van der Waals surface area contributed by atoms with Crippen LogP contribution in [0.2, 0.25) is 0 Å². The molecule has 0 spiro atoms. The van der Waals surface area contributed by atoms with E-state index in [2.05, 4.69) is 0 Å². The number of para-hydroxylation sites is 1. The number of ketones is 1. The second-order valence-electron chi connectivity index (χ2n) is 6.13. The highest BCUT2D eigenvalue weighted by Crippen LogP contribution is 2.27. The van der Waals surface area contributed by atoms with E-state index in [0.29, 0.717) is 23.5 Å². The van der Waals surface area contributed by atoms with Crippen molar-refractivity contribution in [3.05, 3.63) is 71.5 Å². The first-order valence-electron chi connectivity index (χ1n) is 8.72. The summed E-state index contributed by atoms with van der Waals surface area (Å²) in [6, 6.07) is 14.5. The van der Waals surface area contributed by atoms with E-state index in [1.165, 1.54) is 13.0 Å². The number of allylic oxidation sites excluding steroid dienone is 1. The molecule has 1 atom stereocenters. The van der Waals surface area contributed by atoms with Gasteiger partial charge in [0.1, 0.15) is 11.3 Å². The van der Waals surface area contributed by atoms with Crippen molar-refractivity contribution in [3.63, 3.8) is 0 Å². The van der Waals surface area contributed by atoms with Crippen molar-refractivity contribution in [1.29, 1.82) is 0 Å². The Balaban J connectivity index is 1.82. The van der Waals surface area contributed by atoms with Crippen molar-refractivity contribution in [2.24, 2.45) is 0 Å². The fourth-order valence-electron chi connectivity index (χ4n) is 2.84. The summed E-state index contributed by atoms with van der Waals surface area (Å²) in [6.45, 7) is 3.45. The standard InChI is InChI=1S/C22H20O5/c1-3-17-18-9-4-5-10-20(18)27-21(17)19(23)12-11-15-7-6-8-16(13-15)26-14(2)22(24)25/h4-14H,3H2,1-2H3,(H,24,25)/b12-11+. The Kier molecular flexibility index (Phi) is 5.41. The first-order valence-corrected chi connectivity index (χ1v) is 8.72. The smallest absolute Gasteiger partial charge is 0.344 e. The molecule has 0 aliphatic heterocycles. The molecule has 2 aromatic carbocycles. The van der Waals surface area contributed by atoms with Gasteiger partial charge in [0.05, 0.1) is 0 Å². The zero-order chi connectivity index (χ0) is 19.4. The number of carbonyl (C=O) groups excluding carboxylic acids is 1. The fraction of sp³-hybridized carbons (Fsp3) is 0.182. The van der Waals surface area contributed by atoms with Gasteiger partial charge >= 0.3 is 5.97 Å². The third-order valence-electron chi connectivity index (χ3n) is 4.22. The Labute approximate surface area is 156 Å². The van der Waals surface area contributed by atoms with Gasteiger partial charge in [-0.15, -0.1) is 0 Å². The van der Waals surface area contributed by atoms with Crippen LogP contribution < -0.4 is 4.74 Å². The van der Waals surface area contributed by atoms with Crippen molar-refractivity contribution in [1.82, 2.24) is 0 Å². The van der Waals surface area contributed by atoms with E-state index >= 15 is 0 Å². The average molecular weight is 364 g/mol. The zero-order valence-electron chi connectivity index (χ0n) is 15.1. The summed E-state index contributed by atoms with van der Waals surface area (Å²) in [5.74, 6) is -0.476. The number of aliphatic carboxylic acids is 1. The number of furan rings is 1. The summed E-state index contributed by atoms with van der Waals surface area (Å²) in [4.78, 5) is 23.5. The first kappa shape index (κ1) is 18.5. The number of ether oxygens (including phenoxy) is 1. The van der Waals surface area contributed by atoms with Gasteiger partial charge in [0.15, 0.2) is 11.9 Å². The van der Waals surface area contributed by atoms with E-state index in [4.69, 9.17) is 14.3 Å². The molecule has 3 rings (SSSR count). The lowest BCUT2D eigenvalue weighted by atomic mass is 10.1. The lowest BCUT2D eigenvalue weighted by molar-refractivity contribution is -0.144. The van der Waals surface area contributed by atoms with E-state index in [1.807, 2.05) is 31.2 Å². The normalized spacial score (nSPS) is 12.4. The summed E-state index contributed by atoms with van der Waals surface area (Å²) >= 11 is 0. The molecule has 27 heavy (non-hydrogen) atoms. The molecule has 0 amide bonds. The van der Waals surface area contributed by atoms with E-state index in [0.717, 1.165) is 16.5 Å². The average Bonchev–Trinajstić information content (AvgIpc) is 3.05. The van der Waals surface area contributed by atoms with Gasteiger partial charge in [0.25, 0.3) is 0 Å². The van der Waals surface area contributed by atoms with Crippen molar-refractivity contribution in [2.45, 2.75) is 26.4 Å². The molecule has 3 aromatic rings. The summed E-state index contributed by atoms with van der Waals surface area (Å²) < 4.78 is 11.1. The number of aryl methyl sites for hydroxylation is 1. The van der Waals surface area contributed by atoms with Crippen LogP contribution in [0.5, 0.6) is 5.75 Å². The molecule has 5 nitrogen and oxygen atoms in total. The lowest BCUT2D eigenvalue weighted by Gasteiger charge is -2.10. The van der Waals surface area contributed by atoms with Gasteiger partial charge < -0.3 is 14.3 Å². The molecule has 0 aliphatic rings. The molecule has 0 radical (unpaired) electrons. The minimum Gasteiger partial charge on any atom is -0.479 e. The van der Waals surface area contributed by atoms with Crippen LogP contribution in [-0.4, -0.2) is 23.0 Å². The molecule has 1 N–H and O–H groups in total. The second-order valence-corrected chi connectivity index (χ2v) is 6.13. The summed E-state index contributed by atoms with van der Waals surface area (Å²) in [6.07, 6.45) is 2.86. The lowest BCUT2D eigenvalue weighted by Crippen LogP contribution is -2.22. The number of fused-ring (bicyclic) bond motifs is 1. The topological polar surface area (TPSA) is 76.7 Å². The molecule has 0 aliphatic carbocycles. The molecule has 0 fully saturated rings. The monoisotopic (exact) mass is 364 g/mol. The van der Waals surface area contributed by atoms with Crippen LogP contribution in [0.4, 0.5) is 0 Å². The van der Waals surface area contributed by atoms with E-state index in [-0.39, 0.29) is 5.78 Å². The summed E-state index contributed by atoms with van der Waals surface area (Å²) in [7, 11) is 0. The molecule has 5 heteroatoms. The molecular formula is C22H20O5. The third-order valence-corrected chi connectivity index (χ3v) is 4.22. The maximum atomic E-state index is 12.6. The van der Waals surface area contributed by atoms with Crippen LogP contribution in [0, 0.1) is 0 Å². The SMILES string of the molecule is CCc1c(C(=O)/C=C/c2cccc(OC(C)C(=O)O)c2)oc2ccccc12. The first-order chi connectivity index (χ1) is 13.0. The molecule has 1 unspecified atom stereocenters. The zero-order valence-corrected chi connectivity index (χ0v) is 15.1. The predicted molar refractivity (Wildman–Crippen MR) is 103 cm³/mol. The molecule has 1 heterocycles. The highest BCUT2D eigenvalue weighted by molar-refractivity contribution is 6.08. The third kappa shape index (κ3) is 4.08. The van der Waals surface area contributed by atoms with Crippen molar-refractivity contribution >= 4 is 28.8 Å². The number of hydrogen-bond donors (Lipinski definition) is 1. The molecule has 0 saturated carbocycles. The Morgan fingerprint density at radius 1 is 1.19 bits per heavy atom. The predicted octanol–water partition coefficient (Wildman–Crippen LogP) is 4.74. The Morgan fingerprint density at radius 2 is 1.96 bits per heavy atom. The molecular weight excluding hydrogens is 344 g/mol. The highest BCUT2D eigenvalue weighted by Gasteiger charge is 2.17. The Morgan fingerprint density at radius 3 is 2.70 bits per heavy atom. The summed E-state index contributed by atoms with van der Waals surface area (Å²) in [5.41, 5.74) is 2.32. The van der Waals surface area contributed by atoms with E-state index in [9.17, 15) is 9.59 Å².